The van der Waals surface area contributed by atoms with Gasteiger partial charge in [0.1, 0.15) is 5.76 Å². The molecule has 1 N–H and O–H groups in total. The molecule has 1 aliphatic rings. The molecule has 0 spiro atoms. The third kappa shape index (κ3) is 3.60. The molecule has 4 heteroatoms. The van der Waals surface area contributed by atoms with Crippen LogP contribution in [0.4, 0.5) is 0 Å². The molecule has 1 saturated carbocycles. The van der Waals surface area contributed by atoms with Crippen LogP contribution < -0.4 is 5.32 Å². The van der Waals surface area contributed by atoms with Crippen LogP contribution in [0.5, 0.6) is 0 Å². The van der Waals surface area contributed by atoms with Crippen molar-refractivity contribution in [2.45, 2.75) is 32.2 Å². The molecule has 1 aromatic rings. The zero-order chi connectivity index (χ0) is 12.1. The fourth-order valence-electron chi connectivity index (χ4n) is 1.99. The average Bonchev–Trinajstić information content (AvgIpc) is 3.02. The fourth-order valence-corrected chi connectivity index (χ4v) is 1.99. The number of amides is 1. The van der Waals surface area contributed by atoms with Gasteiger partial charge in [0.25, 0.3) is 0 Å². The van der Waals surface area contributed by atoms with Gasteiger partial charge in [0, 0.05) is 25.6 Å². The number of carbonyl (C=O) groups is 1. The van der Waals surface area contributed by atoms with E-state index in [0.717, 1.165) is 25.3 Å². The van der Waals surface area contributed by atoms with Crippen LogP contribution in [0.1, 0.15) is 25.5 Å². The lowest BCUT2D eigenvalue weighted by molar-refractivity contribution is -0.130. The van der Waals surface area contributed by atoms with Crippen molar-refractivity contribution in [1.82, 2.24) is 10.2 Å². The predicted octanol–water partition coefficient (Wildman–Crippen LogP) is 1.42. The maximum Gasteiger partial charge on any atom is 0.236 e. The lowest BCUT2D eigenvalue weighted by atomic mass is 10.3. The van der Waals surface area contributed by atoms with Crippen LogP contribution >= 0.6 is 0 Å². The summed E-state index contributed by atoms with van der Waals surface area (Å²) in [7, 11) is 0. The Bertz CT molecular complexity index is 344. The number of nitrogens with zero attached hydrogens (tertiary/aromatic N) is 1. The molecule has 0 atom stereocenters. The second kappa shape index (κ2) is 5.87. The minimum absolute atomic E-state index is 0.217. The summed E-state index contributed by atoms with van der Waals surface area (Å²) in [6.07, 6.45) is 4.85. The van der Waals surface area contributed by atoms with Gasteiger partial charge in [0.15, 0.2) is 0 Å². The van der Waals surface area contributed by atoms with Crippen LogP contribution in [0.3, 0.4) is 0 Å². The van der Waals surface area contributed by atoms with Crippen LogP contribution in [-0.2, 0) is 11.2 Å². The fraction of sp³-hybridized carbons (Fsp3) is 0.615. The zero-order valence-corrected chi connectivity index (χ0v) is 10.3. The third-order valence-corrected chi connectivity index (χ3v) is 3.05. The van der Waals surface area contributed by atoms with Gasteiger partial charge in [-0.05, 0) is 31.9 Å². The van der Waals surface area contributed by atoms with Gasteiger partial charge in [-0.25, -0.2) is 0 Å². The Hall–Kier alpha value is -1.29. The maximum absolute atomic E-state index is 11.9. The molecule has 0 aliphatic heterocycles. The van der Waals surface area contributed by atoms with E-state index in [1.54, 1.807) is 6.26 Å². The van der Waals surface area contributed by atoms with Crippen LogP contribution in [0.2, 0.25) is 0 Å². The van der Waals surface area contributed by atoms with Crippen molar-refractivity contribution >= 4 is 5.91 Å². The van der Waals surface area contributed by atoms with E-state index in [0.29, 0.717) is 12.6 Å². The Morgan fingerprint density at radius 3 is 3.00 bits per heavy atom. The molecule has 1 aliphatic carbocycles. The quantitative estimate of drug-likeness (QED) is 0.728. The molecule has 0 unspecified atom stereocenters. The highest BCUT2D eigenvalue weighted by Crippen LogP contribution is 2.26. The summed E-state index contributed by atoms with van der Waals surface area (Å²) in [5.74, 6) is 1.17. The first kappa shape index (κ1) is 12.2. The number of hydrogen-bond donors (Lipinski definition) is 1. The summed E-state index contributed by atoms with van der Waals surface area (Å²) < 4.78 is 5.22. The van der Waals surface area contributed by atoms with Crippen molar-refractivity contribution in [3.63, 3.8) is 0 Å². The van der Waals surface area contributed by atoms with Gasteiger partial charge in [0.05, 0.1) is 12.8 Å². The van der Waals surface area contributed by atoms with Gasteiger partial charge < -0.3 is 14.6 Å². The molecule has 94 valence electrons. The number of rotatable bonds is 7. The number of likely N-dealkylation sites (N-methyl/N-ethyl adjacent to an activating group) is 1. The molecular weight excluding hydrogens is 216 g/mol. The number of furan rings is 1. The smallest absolute Gasteiger partial charge is 0.236 e. The second-order valence-corrected chi connectivity index (χ2v) is 4.42. The molecule has 1 aromatic heterocycles. The molecule has 0 radical (unpaired) electrons. The average molecular weight is 236 g/mol. The molecule has 0 bridgehead atoms. The Morgan fingerprint density at radius 2 is 2.41 bits per heavy atom. The van der Waals surface area contributed by atoms with Gasteiger partial charge >= 0.3 is 0 Å². The normalized spacial score (nSPS) is 14.9. The minimum Gasteiger partial charge on any atom is -0.469 e. The first-order valence-electron chi connectivity index (χ1n) is 6.34. The SMILES string of the molecule is CCN(C(=O)CNCCc1ccco1)C1CC1. The van der Waals surface area contributed by atoms with Crippen LogP contribution in [0.15, 0.2) is 22.8 Å². The molecule has 4 nitrogen and oxygen atoms in total. The Morgan fingerprint density at radius 1 is 1.59 bits per heavy atom. The topological polar surface area (TPSA) is 45.5 Å². The van der Waals surface area contributed by atoms with E-state index in [1.807, 2.05) is 24.0 Å². The summed E-state index contributed by atoms with van der Waals surface area (Å²) in [5, 5.41) is 3.17. The standard InChI is InChI=1S/C13H20N2O2/c1-2-15(11-5-6-11)13(16)10-14-8-7-12-4-3-9-17-12/h3-4,9,11,14H,2,5-8,10H2,1H3. The Labute approximate surface area is 102 Å². The number of hydrogen-bond acceptors (Lipinski definition) is 3. The van der Waals surface area contributed by atoms with E-state index in [1.165, 1.54) is 12.8 Å². The number of nitrogens with one attached hydrogen (secondary N) is 1. The Kier molecular flexibility index (Phi) is 4.20. The summed E-state index contributed by atoms with van der Waals surface area (Å²) in [4.78, 5) is 13.8. The molecule has 2 rings (SSSR count). The number of carbonyl (C=O) groups excluding carboxylic acids is 1. The summed E-state index contributed by atoms with van der Waals surface area (Å²) in [6, 6.07) is 4.35. The van der Waals surface area contributed by atoms with E-state index in [2.05, 4.69) is 5.32 Å². The molecule has 1 amide bonds. The minimum atomic E-state index is 0.217. The second-order valence-electron chi connectivity index (χ2n) is 4.42. The molecular formula is C13H20N2O2. The van der Waals surface area contributed by atoms with E-state index >= 15 is 0 Å². The molecule has 0 saturated heterocycles. The zero-order valence-electron chi connectivity index (χ0n) is 10.3. The highest BCUT2D eigenvalue weighted by Gasteiger charge is 2.30. The van der Waals surface area contributed by atoms with Crippen molar-refractivity contribution in [2.24, 2.45) is 0 Å². The van der Waals surface area contributed by atoms with Gasteiger partial charge in [-0.2, -0.15) is 0 Å². The summed E-state index contributed by atoms with van der Waals surface area (Å²) in [6.45, 7) is 4.08. The van der Waals surface area contributed by atoms with Crippen LogP contribution in [-0.4, -0.2) is 36.5 Å². The first-order valence-corrected chi connectivity index (χ1v) is 6.34. The van der Waals surface area contributed by atoms with Crippen molar-refractivity contribution < 1.29 is 9.21 Å². The lowest BCUT2D eigenvalue weighted by Gasteiger charge is -2.20. The van der Waals surface area contributed by atoms with Gasteiger partial charge in [-0.3, -0.25) is 4.79 Å². The van der Waals surface area contributed by atoms with Crippen molar-refractivity contribution in [1.29, 1.82) is 0 Å². The lowest BCUT2D eigenvalue weighted by Crippen LogP contribution is -2.39. The molecule has 1 fully saturated rings. The van der Waals surface area contributed by atoms with Gasteiger partial charge in [-0.15, -0.1) is 0 Å². The van der Waals surface area contributed by atoms with E-state index < -0.39 is 0 Å². The molecule has 0 aromatic carbocycles. The van der Waals surface area contributed by atoms with E-state index in [4.69, 9.17) is 4.42 Å². The monoisotopic (exact) mass is 236 g/mol. The van der Waals surface area contributed by atoms with Gasteiger partial charge in [0.2, 0.25) is 5.91 Å². The predicted molar refractivity (Wildman–Crippen MR) is 65.7 cm³/mol. The third-order valence-electron chi connectivity index (χ3n) is 3.05. The van der Waals surface area contributed by atoms with Crippen molar-refractivity contribution in [3.05, 3.63) is 24.2 Å². The summed E-state index contributed by atoms with van der Waals surface area (Å²) >= 11 is 0. The van der Waals surface area contributed by atoms with Crippen molar-refractivity contribution in [2.75, 3.05) is 19.6 Å². The van der Waals surface area contributed by atoms with Crippen LogP contribution in [0, 0.1) is 0 Å². The van der Waals surface area contributed by atoms with E-state index in [9.17, 15) is 4.79 Å². The first-order chi connectivity index (χ1) is 8.31. The maximum atomic E-state index is 11.9. The Balaban J connectivity index is 1.62. The molecule has 17 heavy (non-hydrogen) atoms. The molecule has 1 heterocycles. The largest absolute Gasteiger partial charge is 0.469 e. The van der Waals surface area contributed by atoms with Crippen LogP contribution in [0.25, 0.3) is 0 Å². The summed E-state index contributed by atoms with van der Waals surface area (Å²) in [5.41, 5.74) is 0. The van der Waals surface area contributed by atoms with E-state index in [-0.39, 0.29) is 5.91 Å². The highest BCUT2D eigenvalue weighted by atomic mass is 16.3. The van der Waals surface area contributed by atoms with Crippen molar-refractivity contribution in [3.8, 4) is 0 Å². The highest BCUT2D eigenvalue weighted by molar-refractivity contribution is 5.78. The van der Waals surface area contributed by atoms with Gasteiger partial charge in [-0.1, -0.05) is 0 Å².